The largest absolute Gasteiger partial charge is 0.413 e. The number of para-hydroxylation sites is 1. The maximum absolute atomic E-state index is 13.0. The summed E-state index contributed by atoms with van der Waals surface area (Å²) in [5.41, 5.74) is 2.57. The van der Waals surface area contributed by atoms with Gasteiger partial charge in [-0.1, -0.05) is 48.5 Å². The van der Waals surface area contributed by atoms with Gasteiger partial charge in [0, 0.05) is 30.2 Å². The van der Waals surface area contributed by atoms with Crippen LogP contribution in [0.1, 0.15) is 18.1 Å². The Morgan fingerprint density at radius 1 is 1.14 bits per heavy atom. The van der Waals surface area contributed by atoms with Crippen LogP contribution in [0, 0.1) is 0 Å². The van der Waals surface area contributed by atoms with Gasteiger partial charge < -0.3 is 19.9 Å². The van der Waals surface area contributed by atoms with Crippen LogP contribution in [0.4, 0.5) is 4.79 Å². The summed E-state index contributed by atoms with van der Waals surface area (Å²) in [4.78, 5) is 29.8. The van der Waals surface area contributed by atoms with Crippen LogP contribution in [0.15, 0.2) is 60.8 Å². The molecule has 7 nitrogen and oxygen atoms in total. The number of aromatic amines is 1. The van der Waals surface area contributed by atoms with Crippen molar-refractivity contribution in [2.45, 2.75) is 19.3 Å². The molecule has 1 fully saturated rings. The van der Waals surface area contributed by atoms with E-state index in [1.54, 1.807) is 11.1 Å². The topological polar surface area (TPSA) is 86.5 Å². The van der Waals surface area contributed by atoms with E-state index in [1.807, 2.05) is 61.5 Å². The molecule has 0 saturated carbocycles. The van der Waals surface area contributed by atoms with Gasteiger partial charge >= 0.3 is 6.09 Å². The molecule has 2 heterocycles. The summed E-state index contributed by atoms with van der Waals surface area (Å²) in [6.45, 7) is 2.86. The Morgan fingerprint density at radius 2 is 1.89 bits per heavy atom. The SMILES string of the molecule is CCN(Cc1ccccc1)C(=O)O[C@]1(c2c[nH]c3ccccc23)NCC(=O)N1. The van der Waals surface area contributed by atoms with Gasteiger partial charge in [0.15, 0.2) is 0 Å². The predicted molar refractivity (Wildman–Crippen MR) is 105 cm³/mol. The average Bonchev–Trinajstić information content (AvgIpc) is 3.31. The lowest BCUT2D eigenvalue weighted by atomic mass is 10.1. The molecule has 144 valence electrons. The van der Waals surface area contributed by atoms with E-state index in [4.69, 9.17) is 4.74 Å². The van der Waals surface area contributed by atoms with Crippen molar-refractivity contribution >= 4 is 22.9 Å². The molecule has 3 aromatic rings. The molecule has 1 aromatic heterocycles. The van der Waals surface area contributed by atoms with Crippen LogP contribution in [-0.2, 0) is 21.9 Å². The van der Waals surface area contributed by atoms with Crippen LogP contribution >= 0.6 is 0 Å². The van der Waals surface area contributed by atoms with E-state index in [-0.39, 0.29) is 12.5 Å². The zero-order valence-corrected chi connectivity index (χ0v) is 15.6. The minimum absolute atomic E-state index is 0.0671. The second-order valence-electron chi connectivity index (χ2n) is 6.70. The molecule has 0 unspecified atom stereocenters. The Hall–Kier alpha value is -3.32. The second-order valence-corrected chi connectivity index (χ2v) is 6.70. The highest BCUT2D eigenvalue weighted by molar-refractivity contribution is 5.88. The smallest absolute Gasteiger partial charge is 0.404 e. The van der Waals surface area contributed by atoms with Crippen molar-refractivity contribution in [1.82, 2.24) is 20.5 Å². The first-order chi connectivity index (χ1) is 13.6. The Labute approximate surface area is 162 Å². The summed E-state index contributed by atoms with van der Waals surface area (Å²) < 4.78 is 5.87. The number of amides is 2. The van der Waals surface area contributed by atoms with Crippen molar-refractivity contribution in [2.24, 2.45) is 0 Å². The Balaban J connectivity index is 1.63. The van der Waals surface area contributed by atoms with E-state index in [1.165, 1.54) is 0 Å². The van der Waals surface area contributed by atoms with Crippen LogP contribution in [0.5, 0.6) is 0 Å². The third kappa shape index (κ3) is 3.32. The van der Waals surface area contributed by atoms with Gasteiger partial charge in [-0.15, -0.1) is 0 Å². The first-order valence-corrected chi connectivity index (χ1v) is 9.26. The summed E-state index contributed by atoms with van der Waals surface area (Å²) in [5, 5.41) is 6.71. The number of ether oxygens (including phenoxy) is 1. The molecule has 1 aliphatic heterocycles. The van der Waals surface area contributed by atoms with E-state index < -0.39 is 11.9 Å². The number of aromatic nitrogens is 1. The van der Waals surface area contributed by atoms with Gasteiger partial charge in [-0.2, -0.15) is 0 Å². The van der Waals surface area contributed by atoms with Crippen LogP contribution in [0.2, 0.25) is 0 Å². The first kappa shape index (κ1) is 18.1. The normalized spacial score (nSPS) is 18.8. The van der Waals surface area contributed by atoms with Gasteiger partial charge in [0.25, 0.3) is 5.85 Å². The zero-order chi connectivity index (χ0) is 19.6. The molecule has 7 heteroatoms. The fourth-order valence-electron chi connectivity index (χ4n) is 3.44. The summed E-state index contributed by atoms with van der Waals surface area (Å²) in [5.74, 6) is -1.64. The van der Waals surface area contributed by atoms with Gasteiger partial charge in [-0.3, -0.25) is 4.79 Å². The molecule has 4 rings (SSSR count). The van der Waals surface area contributed by atoms with Crippen molar-refractivity contribution < 1.29 is 14.3 Å². The number of hydrogen-bond donors (Lipinski definition) is 3. The third-order valence-corrected chi connectivity index (χ3v) is 4.88. The zero-order valence-electron chi connectivity index (χ0n) is 15.6. The quantitative estimate of drug-likeness (QED) is 0.637. The molecule has 28 heavy (non-hydrogen) atoms. The molecule has 2 amide bonds. The fourth-order valence-corrected chi connectivity index (χ4v) is 3.44. The summed E-state index contributed by atoms with van der Waals surface area (Å²) in [6, 6.07) is 17.4. The Kier molecular flexibility index (Phi) is 4.75. The van der Waals surface area contributed by atoms with Crippen molar-refractivity contribution in [1.29, 1.82) is 0 Å². The number of benzene rings is 2. The van der Waals surface area contributed by atoms with Crippen LogP contribution in [0.3, 0.4) is 0 Å². The first-order valence-electron chi connectivity index (χ1n) is 9.26. The van der Waals surface area contributed by atoms with Crippen LogP contribution in [-0.4, -0.2) is 35.0 Å². The molecule has 0 bridgehead atoms. The standard InChI is InChI=1S/C21H22N4O3/c1-2-25(14-15-8-4-3-5-9-15)20(27)28-21(23-13-19(26)24-21)17-12-22-18-11-7-6-10-16(17)18/h3-12,22-23H,2,13-14H2,1H3,(H,24,26)/t21-/m1/s1. The summed E-state index contributed by atoms with van der Waals surface area (Å²) >= 11 is 0. The number of rotatable bonds is 5. The Bertz CT molecular complexity index is 1000. The van der Waals surface area contributed by atoms with E-state index >= 15 is 0 Å². The average molecular weight is 378 g/mol. The number of carbonyl (C=O) groups excluding carboxylic acids is 2. The Morgan fingerprint density at radius 3 is 2.61 bits per heavy atom. The van der Waals surface area contributed by atoms with Crippen LogP contribution < -0.4 is 10.6 Å². The molecule has 3 N–H and O–H groups in total. The number of nitrogens with zero attached hydrogens (tertiary/aromatic N) is 1. The maximum Gasteiger partial charge on any atom is 0.413 e. The van der Waals surface area contributed by atoms with E-state index in [0.717, 1.165) is 16.5 Å². The highest BCUT2D eigenvalue weighted by Gasteiger charge is 2.45. The van der Waals surface area contributed by atoms with Gasteiger partial charge in [-0.05, 0) is 18.6 Å². The highest BCUT2D eigenvalue weighted by Crippen LogP contribution is 2.30. The lowest BCUT2D eigenvalue weighted by Crippen LogP contribution is -2.52. The fraction of sp³-hybridized carbons (Fsp3) is 0.238. The molecular weight excluding hydrogens is 356 g/mol. The van der Waals surface area contributed by atoms with Crippen molar-refractivity contribution in [3.63, 3.8) is 0 Å². The number of hydrogen-bond acceptors (Lipinski definition) is 4. The van der Waals surface area contributed by atoms with E-state index in [2.05, 4.69) is 15.6 Å². The van der Waals surface area contributed by atoms with Crippen molar-refractivity contribution in [2.75, 3.05) is 13.1 Å². The van der Waals surface area contributed by atoms with Crippen molar-refractivity contribution in [3.05, 3.63) is 71.9 Å². The molecule has 0 spiro atoms. The molecule has 0 radical (unpaired) electrons. The number of nitrogens with one attached hydrogen (secondary N) is 3. The highest BCUT2D eigenvalue weighted by atomic mass is 16.6. The van der Waals surface area contributed by atoms with Gasteiger partial charge in [0.05, 0.1) is 12.1 Å². The lowest BCUT2D eigenvalue weighted by Gasteiger charge is -2.31. The number of fused-ring (bicyclic) bond motifs is 1. The van der Waals surface area contributed by atoms with Crippen molar-refractivity contribution in [3.8, 4) is 0 Å². The van der Waals surface area contributed by atoms with E-state index in [9.17, 15) is 9.59 Å². The molecular formula is C21H22N4O3. The molecule has 1 saturated heterocycles. The molecule has 1 atom stereocenters. The predicted octanol–water partition coefficient (Wildman–Crippen LogP) is 2.66. The van der Waals surface area contributed by atoms with E-state index in [0.29, 0.717) is 18.7 Å². The second kappa shape index (κ2) is 7.36. The summed E-state index contributed by atoms with van der Waals surface area (Å²) in [7, 11) is 0. The molecule has 2 aromatic carbocycles. The maximum atomic E-state index is 13.0. The van der Waals surface area contributed by atoms with Gasteiger partial charge in [0.1, 0.15) is 0 Å². The van der Waals surface area contributed by atoms with Gasteiger partial charge in [-0.25, -0.2) is 10.1 Å². The number of H-pyrrole nitrogens is 1. The number of carbonyl (C=O) groups is 2. The van der Waals surface area contributed by atoms with Gasteiger partial charge in [0.2, 0.25) is 5.91 Å². The lowest BCUT2D eigenvalue weighted by molar-refractivity contribution is -0.122. The molecule has 0 aliphatic carbocycles. The minimum atomic E-state index is -1.40. The summed E-state index contributed by atoms with van der Waals surface area (Å²) in [6.07, 6.45) is 1.25. The van der Waals surface area contributed by atoms with Crippen LogP contribution in [0.25, 0.3) is 10.9 Å². The monoisotopic (exact) mass is 378 g/mol. The molecule has 1 aliphatic rings. The third-order valence-electron chi connectivity index (χ3n) is 4.88. The minimum Gasteiger partial charge on any atom is -0.404 e.